The Labute approximate surface area is 225 Å². The number of nitrogens with zero attached hydrogens (tertiary/aromatic N) is 1. The Hall–Kier alpha value is -3.89. The molecule has 2 N–H and O–H groups in total. The quantitative estimate of drug-likeness (QED) is 0.136. The molecular formula is C30H24Cl2N2O3. The minimum absolute atomic E-state index is 0.0212. The van der Waals surface area contributed by atoms with Gasteiger partial charge in [-0.25, -0.2) is 4.79 Å². The van der Waals surface area contributed by atoms with Crippen LogP contribution in [0.3, 0.4) is 0 Å². The van der Waals surface area contributed by atoms with Crippen LogP contribution in [0.2, 0.25) is 10.0 Å². The molecule has 0 aromatic heterocycles. The van der Waals surface area contributed by atoms with Crippen LogP contribution in [0.15, 0.2) is 95.2 Å². The summed E-state index contributed by atoms with van der Waals surface area (Å²) in [6.45, 7) is 3.65. The molecule has 37 heavy (non-hydrogen) atoms. The van der Waals surface area contributed by atoms with Crippen LogP contribution in [-0.4, -0.2) is 23.5 Å². The number of aliphatic hydroxyl groups is 1. The third kappa shape index (κ3) is 5.76. The molecule has 0 bridgehead atoms. The highest BCUT2D eigenvalue weighted by Gasteiger charge is 2.21. The minimum atomic E-state index is -0.215. The fraction of sp³-hybridized carbons (Fsp3) is 0.133. The van der Waals surface area contributed by atoms with Gasteiger partial charge in [0, 0.05) is 16.9 Å². The van der Waals surface area contributed by atoms with E-state index in [9.17, 15) is 9.90 Å². The van der Waals surface area contributed by atoms with Crippen molar-refractivity contribution >= 4 is 51.5 Å². The Balaban J connectivity index is 1.57. The summed E-state index contributed by atoms with van der Waals surface area (Å²) in [5, 5.41) is 22.0. The summed E-state index contributed by atoms with van der Waals surface area (Å²) in [6.07, 6.45) is 1.60. The van der Waals surface area contributed by atoms with E-state index in [-0.39, 0.29) is 24.0 Å². The molecule has 4 aromatic carbocycles. The van der Waals surface area contributed by atoms with Crippen molar-refractivity contribution in [1.29, 1.82) is 5.41 Å². The molecular weight excluding hydrogens is 507 g/mol. The van der Waals surface area contributed by atoms with Gasteiger partial charge in [-0.3, -0.25) is 5.41 Å². The fourth-order valence-corrected chi connectivity index (χ4v) is 4.59. The molecule has 0 aliphatic heterocycles. The number of aliphatic imine (C=N–C) groups is 1. The van der Waals surface area contributed by atoms with Crippen LogP contribution in [0.1, 0.15) is 19.4 Å². The van der Waals surface area contributed by atoms with Gasteiger partial charge in [0.15, 0.2) is 0 Å². The number of aliphatic hydroxyl groups excluding tert-OH is 1. The van der Waals surface area contributed by atoms with Gasteiger partial charge in [-0.2, -0.15) is 4.99 Å². The summed E-state index contributed by atoms with van der Waals surface area (Å²) >= 11 is 12.6. The maximum Gasteiger partial charge on any atom is 0.240 e. The fourth-order valence-electron chi connectivity index (χ4n) is 4.00. The Morgan fingerprint density at radius 2 is 1.62 bits per heavy atom. The highest BCUT2D eigenvalue weighted by atomic mass is 35.5. The predicted octanol–water partition coefficient (Wildman–Crippen LogP) is 8.70. The van der Waals surface area contributed by atoms with E-state index in [1.165, 1.54) is 0 Å². The van der Waals surface area contributed by atoms with Crippen LogP contribution >= 0.6 is 23.2 Å². The van der Waals surface area contributed by atoms with Crippen molar-refractivity contribution in [3.05, 3.63) is 106 Å². The Bertz CT molecular complexity index is 1530. The Morgan fingerprint density at radius 1 is 0.973 bits per heavy atom. The van der Waals surface area contributed by atoms with Crippen LogP contribution in [0.4, 0.5) is 5.69 Å². The zero-order valence-electron chi connectivity index (χ0n) is 20.3. The molecule has 0 aliphatic rings. The van der Waals surface area contributed by atoms with Gasteiger partial charge >= 0.3 is 0 Å². The topological polar surface area (TPSA) is 82.7 Å². The largest absolute Gasteiger partial charge is 0.512 e. The van der Waals surface area contributed by atoms with Crippen LogP contribution < -0.4 is 4.74 Å². The number of carbonyl (C=O) groups excluding carboxylic acids is 1. The van der Waals surface area contributed by atoms with Crippen LogP contribution in [-0.2, 0) is 4.79 Å². The molecule has 5 nitrogen and oxygen atoms in total. The van der Waals surface area contributed by atoms with Crippen LogP contribution in [0, 0.1) is 11.3 Å². The number of benzene rings is 4. The number of ether oxygens (including phenoxy) is 1. The highest BCUT2D eigenvalue weighted by molar-refractivity contribution is 6.41. The van der Waals surface area contributed by atoms with Gasteiger partial charge in [-0.15, -0.1) is 0 Å². The van der Waals surface area contributed by atoms with Gasteiger partial charge < -0.3 is 9.84 Å². The van der Waals surface area contributed by atoms with Gasteiger partial charge in [0.1, 0.15) is 18.1 Å². The third-order valence-electron chi connectivity index (χ3n) is 5.96. The van der Waals surface area contributed by atoms with Crippen molar-refractivity contribution < 1.29 is 14.6 Å². The first-order chi connectivity index (χ1) is 17.8. The second-order valence-electron chi connectivity index (χ2n) is 8.72. The lowest BCUT2D eigenvalue weighted by molar-refractivity contribution is 0.316. The molecule has 0 unspecified atom stereocenters. The summed E-state index contributed by atoms with van der Waals surface area (Å²) in [5.74, 6) is 0.416. The summed E-state index contributed by atoms with van der Waals surface area (Å²) in [6, 6.07) is 24.1. The third-order valence-corrected chi connectivity index (χ3v) is 6.59. The molecule has 0 aliphatic carbocycles. The maximum atomic E-state index is 10.8. The first kappa shape index (κ1) is 26.2. The molecule has 4 rings (SSSR count). The monoisotopic (exact) mass is 530 g/mol. The van der Waals surface area contributed by atoms with Gasteiger partial charge in [0.2, 0.25) is 6.08 Å². The standard InChI is InChI=1S/C30H24Cl2N2O3/c1-18(2)30(36)24(29(33)28-25(31)6-4-7-26(28)32)16-37-22-12-9-19(10-13-22)20-11-14-23-21(15-20)5-3-8-27(23)34-17-35/h3-15,18,33,36H,16H2,1-2H3/b30-24-,33-29?. The number of hydrogen-bond acceptors (Lipinski definition) is 5. The number of allylic oxidation sites excluding steroid dienone is 1. The van der Waals surface area contributed by atoms with E-state index in [0.717, 1.165) is 21.9 Å². The number of isocyanates is 1. The Morgan fingerprint density at radius 3 is 2.27 bits per heavy atom. The van der Waals surface area contributed by atoms with Gasteiger partial charge in [0.05, 0.1) is 27.0 Å². The molecule has 0 amide bonds. The van der Waals surface area contributed by atoms with Crippen molar-refractivity contribution in [3.63, 3.8) is 0 Å². The number of halogens is 2. The lowest BCUT2D eigenvalue weighted by Gasteiger charge is -2.17. The normalized spacial score (nSPS) is 11.7. The van der Waals surface area contributed by atoms with Crippen molar-refractivity contribution in [2.45, 2.75) is 13.8 Å². The second-order valence-corrected chi connectivity index (χ2v) is 9.53. The smallest absolute Gasteiger partial charge is 0.240 e. The van der Waals surface area contributed by atoms with E-state index in [2.05, 4.69) is 4.99 Å². The van der Waals surface area contributed by atoms with E-state index in [1.54, 1.807) is 30.3 Å². The lowest BCUT2D eigenvalue weighted by atomic mass is 9.97. The maximum absolute atomic E-state index is 10.8. The molecule has 0 radical (unpaired) electrons. The van der Waals surface area contributed by atoms with Crippen LogP contribution in [0.25, 0.3) is 21.9 Å². The van der Waals surface area contributed by atoms with Crippen molar-refractivity contribution in [1.82, 2.24) is 0 Å². The predicted molar refractivity (Wildman–Crippen MR) is 150 cm³/mol. The van der Waals surface area contributed by atoms with Crippen molar-refractivity contribution in [2.75, 3.05) is 6.61 Å². The average Bonchev–Trinajstić information content (AvgIpc) is 2.89. The number of hydrogen-bond donors (Lipinski definition) is 2. The molecule has 0 saturated carbocycles. The van der Waals surface area contributed by atoms with E-state index >= 15 is 0 Å². The number of rotatable bonds is 8. The van der Waals surface area contributed by atoms with E-state index in [0.29, 0.717) is 32.6 Å². The molecule has 4 aromatic rings. The van der Waals surface area contributed by atoms with Gasteiger partial charge in [0.25, 0.3) is 0 Å². The zero-order chi connectivity index (χ0) is 26.5. The molecule has 0 spiro atoms. The SMILES string of the molecule is CC(C)/C(O)=C(\COc1ccc(-c2ccc3c(N=C=O)cccc3c2)cc1)C(=N)c1c(Cl)cccc1Cl. The lowest BCUT2D eigenvalue weighted by Crippen LogP contribution is -2.17. The molecule has 0 fully saturated rings. The molecule has 0 heterocycles. The summed E-state index contributed by atoms with van der Waals surface area (Å²) < 4.78 is 5.97. The summed E-state index contributed by atoms with van der Waals surface area (Å²) in [7, 11) is 0. The zero-order valence-corrected chi connectivity index (χ0v) is 21.8. The van der Waals surface area contributed by atoms with Crippen molar-refractivity contribution in [3.8, 4) is 16.9 Å². The number of nitrogens with one attached hydrogen (secondary N) is 1. The van der Waals surface area contributed by atoms with E-state index in [1.807, 2.05) is 68.4 Å². The van der Waals surface area contributed by atoms with Gasteiger partial charge in [-0.1, -0.05) is 79.5 Å². The van der Waals surface area contributed by atoms with E-state index in [4.69, 9.17) is 33.3 Å². The van der Waals surface area contributed by atoms with E-state index < -0.39 is 0 Å². The minimum Gasteiger partial charge on any atom is -0.512 e. The molecule has 7 heteroatoms. The first-order valence-electron chi connectivity index (χ1n) is 11.6. The second kappa shape index (κ2) is 11.4. The highest BCUT2D eigenvalue weighted by Crippen LogP contribution is 2.32. The molecule has 186 valence electrons. The van der Waals surface area contributed by atoms with Gasteiger partial charge in [-0.05, 0) is 52.9 Å². The van der Waals surface area contributed by atoms with Crippen molar-refractivity contribution in [2.24, 2.45) is 10.9 Å². The summed E-state index contributed by atoms with van der Waals surface area (Å²) in [5.41, 5.74) is 3.25. The molecule has 0 saturated heterocycles. The summed E-state index contributed by atoms with van der Waals surface area (Å²) in [4.78, 5) is 14.5. The Kier molecular flexibility index (Phi) is 8.10. The average molecular weight is 531 g/mol. The van der Waals surface area contributed by atoms with Crippen LogP contribution in [0.5, 0.6) is 5.75 Å². The molecule has 0 atom stereocenters. The number of fused-ring (bicyclic) bond motifs is 1. The first-order valence-corrected chi connectivity index (χ1v) is 12.3.